The minimum absolute atomic E-state index is 0.0746. The predicted octanol–water partition coefficient (Wildman–Crippen LogP) is 4.06. The van der Waals surface area contributed by atoms with Crippen molar-refractivity contribution in [3.05, 3.63) is 59.2 Å². The van der Waals surface area contributed by atoms with E-state index in [0.29, 0.717) is 10.4 Å². The van der Waals surface area contributed by atoms with Crippen LogP contribution in [-0.4, -0.2) is 15.9 Å². The summed E-state index contributed by atoms with van der Waals surface area (Å²) < 4.78 is 38.1. The molecule has 0 saturated carbocycles. The third-order valence-corrected chi connectivity index (χ3v) is 4.37. The average molecular weight is 364 g/mol. The van der Waals surface area contributed by atoms with E-state index in [1.54, 1.807) is 12.1 Å². The van der Waals surface area contributed by atoms with Crippen molar-refractivity contribution >= 4 is 28.9 Å². The van der Waals surface area contributed by atoms with Gasteiger partial charge in [0.05, 0.1) is 10.4 Å². The molecule has 128 valence electrons. The number of carbonyl (C=O) groups excluding carboxylic acids is 1. The van der Waals surface area contributed by atoms with E-state index < -0.39 is 17.6 Å². The lowest BCUT2D eigenvalue weighted by molar-refractivity contribution is -0.137. The van der Waals surface area contributed by atoms with Crippen LogP contribution in [0.4, 0.5) is 24.8 Å². The van der Waals surface area contributed by atoms with Gasteiger partial charge in [-0.3, -0.25) is 4.79 Å². The fourth-order valence-corrected chi connectivity index (χ4v) is 2.92. The standard InChI is InChI=1S/C16H11F3N4OS/c17-16(18,19)10-2-1-3-11(6-10)23-14(24)13-5-4-12(25-13)9-7-21-15(20)22-8-9/h1-8H,(H,23,24)(H2,20,21,22). The molecule has 3 N–H and O–H groups in total. The van der Waals surface area contributed by atoms with Gasteiger partial charge in [-0.05, 0) is 30.3 Å². The number of hydrogen-bond donors (Lipinski definition) is 2. The molecule has 9 heteroatoms. The minimum atomic E-state index is -4.47. The topological polar surface area (TPSA) is 80.9 Å². The van der Waals surface area contributed by atoms with Gasteiger partial charge in [0.15, 0.2) is 0 Å². The molecule has 3 rings (SSSR count). The molecule has 0 atom stereocenters. The zero-order valence-electron chi connectivity index (χ0n) is 12.5. The number of benzene rings is 1. The normalized spacial score (nSPS) is 11.3. The first-order valence-electron chi connectivity index (χ1n) is 6.99. The van der Waals surface area contributed by atoms with Crippen molar-refractivity contribution in [2.24, 2.45) is 0 Å². The smallest absolute Gasteiger partial charge is 0.368 e. The second-order valence-corrected chi connectivity index (χ2v) is 6.11. The Balaban J connectivity index is 1.77. The molecule has 0 bridgehead atoms. The van der Waals surface area contributed by atoms with Crippen LogP contribution in [0.1, 0.15) is 15.2 Å². The molecule has 2 heterocycles. The summed E-state index contributed by atoms with van der Waals surface area (Å²) in [6.45, 7) is 0. The number of aromatic nitrogens is 2. The minimum Gasteiger partial charge on any atom is -0.368 e. The number of thiophene rings is 1. The summed E-state index contributed by atoms with van der Waals surface area (Å²) in [6, 6.07) is 7.76. The summed E-state index contributed by atoms with van der Waals surface area (Å²) in [7, 11) is 0. The van der Waals surface area contributed by atoms with E-state index in [0.717, 1.165) is 17.0 Å². The molecule has 0 fully saturated rings. The quantitative estimate of drug-likeness (QED) is 0.734. The van der Waals surface area contributed by atoms with E-state index in [4.69, 9.17) is 5.73 Å². The van der Waals surface area contributed by atoms with Gasteiger partial charge in [-0.1, -0.05) is 6.07 Å². The van der Waals surface area contributed by atoms with Gasteiger partial charge in [0.2, 0.25) is 5.95 Å². The third-order valence-electron chi connectivity index (χ3n) is 3.23. The van der Waals surface area contributed by atoms with E-state index in [1.807, 2.05) is 0 Å². The van der Waals surface area contributed by atoms with E-state index in [9.17, 15) is 18.0 Å². The van der Waals surface area contributed by atoms with E-state index >= 15 is 0 Å². The first-order valence-corrected chi connectivity index (χ1v) is 7.81. The van der Waals surface area contributed by atoms with Crippen molar-refractivity contribution in [3.63, 3.8) is 0 Å². The molecule has 0 aliphatic carbocycles. The van der Waals surface area contributed by atoms with Crippen LogP contribution in [0.5, 0.6) is 0 Å². The molecule has 0 radical (unpaired) electrons. The molecule has 1 aromatic carbocycles. The van der Waals surface area contributed by atoms with Crippen molar-refractivity contribution in [1.82, 2.24) is 9.97 Å². The highest BCUT2D eigenvalue weighted by atomic mass is 32.1. The maximum atomic E-state index is 12.7. The van der Waals surface area contributed by atoms with E-state index in [1.165, 1.54) is 35.9 Å². The monoisotopic (exact) mass is 364 g/mol. The Morgan fingerprint density at radius 2 is 1.84 bits per heavy atom. The van der Waals surface area contributed by atoms with E-state index in [2.05, 4.69) is 15.3 Å². The molecule has 5 nitrogen and oxygen atoms in total. The van der Waals surface area contributed by atoms with Gasteiger partial charge in [-0.2, -0.15) is 13.2 Å². The molecule has 0 spiro atoms. The molecular formula is C16H11F3N4OS. The summed E-state index contributed by atoms with van der Waals surface area (Å²) in [5.41, 5.74) is 5.37. The molecular weight excluding hydrogens is 353 g/mol. The summed E-state index contributed by atoms with van der Waals surface area (Å²) in [5.74, 6) is -0.352. The van der Waals surface area contributed by atoms with Crippen LogP contribution in [-0.2, 0) is 6.18 Å². The number of amides is 1. The van der Waals surface area contributed by atoms with Crippen molar-refractivity contribution in [1.29, 1.82) is 0 Å². The highest BCUT2D eigenvalue weighted by molar-refractivity contribution is 7.17. The fourth-order valence-electron chi connectivity index (χ4n) is 2.05. The second-order valence-electron chi connectivity index (χ2n) is 5.03. The number of rotatable bonds is 3. The Labute approximate surface area is 144 Å². The van der Waals surface area contributed by atoms with Crippen LogP contribution in [0, 0.1) is 0 Å². The van der Waals surface area contributed by atoms with Crippen molar-refractivity contribution in [3.8, 4) is 10.4 Å². The number of hydrogen-bond acceptors (Lipinski definition) is 5. The van der Waals surface area contributed by atoms with E-state index in [-0.39, 0.29) is 11.6 Å². The Morgan fingerprint density at radius 3 is 2.52 bits per heavy atom. The summed E-state index contributed by atoms with van der Waals surface area (Å²) in [5, 5.41) is 2.46. The van der Waals surface area contributed by atoms with Gasteiger partial charge < -0.3 is 11.1 Å². The lowest BCUT2D eigenvalue weighted by Crippen LogP contribution is -2.11. The van der Waals surface area contributed by atoms with Crippen LogP contribution >= 0.6 is 11.3 Å². The Hall–Kier alpha value is -2.94. The number of halogens is 3. The number of nitrogen functional groups attached to an aromatic ring is 1. The zero-order chi connectivity index (χ0) is 18.0. The zero-order valence-corrected chi connectivity index (χ0v) is 13.4. The fraction of sp³-hybridized carbons (Fsp3) is 0.0625. The van der Waals surface area contributed by atoms with Crippen LogP contribution < -0.4 is 11.1 Å². The third kappa shape index (κ3) is 3.94. The first kappa shape index (κ1) is 16.9. The largest absolute Gasteiger partial charge is 0.416 e. The molecule has 0 aliphatic rings. The Morgan fingerprint density at radius 1 is 1.12 bits per heavy atom. The highest BCUT2D eigenvalue weighted by Gasteiger charge is 2.30. The van der Waals surface area contributed by atoms with Gasteiger partial charge >= 0.3 is 6.18 Å². The molecule has 25 heavy (non-hydrogen) atoms. The molecule has 3 aromatic rings. The first-order chi connectivity index (χ1) is 11.8. The molecule has 2 aromatic heterocycles. The number of nitrogens with one attached hydrogen (secondary N) is 1. The average Bonchev–Trinajstić information content (AvgIpc) is 3.05. The lowest BCUT2D eigenvalue weighted by atomic mass is 10.2. The lowest BCUT2D eigenvalue weighted by Gasteiger charge is -2.09. The van der Waals surface area contributed by atoms with Crippen LogP contribution in [0.3, 0.4) is 0 Å². The van der Waals surface area contributed by atoms with Gasteiger partial charge in [0.1, 0.15) is 0 Å². The number of nitrogens with zero attached hydrogens (tertiary/aromatic N) is 2. The predicted molar refractivity (Wildman–Crippen MR) is 89.2 cm³/mol. The highest BCUT2D eigenvalue weighted by Crippen LogP contribution is 2.31. The SMILES string of the molecule is Nc1ncc(-c2ccc(C(=O)Nc3cccc(C(F)(F)F)c3)s2)cn1. The Kier molecular flexibility index (Phi) is 4.41. The van der Waals surface area contributed by atoms with Crippen molar-refractivity contribution in [2.75, 3.05) is 11.1 Å². The second kappa shape index (κ2) is 6.52. The summed E-state index contributed by atoms with van der Waals surface area (Å²) >= 11 is 1.17. The number of anilines is 2. The summed E-state index contributed by atoms with van der Waals surface area (Å²) in [6.07, 6.45) is -1.41. The molecule has 0 aliphatic heterocycles. The number of nitrogens with two attached hydrogens (primary N) is 1. The maximum Gasteiger partial charge on any atom is 0.416 e. The van der Waals surface area contributed by atoms with Crippen LogP contribution in [0.15, 0.2) is 48.8 Å². The van der Waals surface area contributed by atoms with Gasteiger partial charge in [-0.15, -0.1) is 11.3 Å². The van der Waals surface area contributed by atoms with Gasteiger partial charge in [0.25, 0.3) is 5.91 Å². The van der Waals surface area contributed by atoms with Gasteiger partial charge in [0, 0.05) is 28.5 Å². The molecule has 0 saturated heterocycles. The van der Waals surface area contributed by atoms with Crippen molar-refractivity contribution in [2.45, 2.75) is 6.18 Å². The van der Waals surface area contributed by atoms with Crippen LogP contribution in [0.2, 0.25) is 0 Å². The number of alkyl halides is 3. The Bertz CT molecular complexity index is 906. The molecule has 1 amide bonds. The van der Waals surface area contributed by atoms with Gasteiger partial charge in [-0.25, -0.2) is 9.97 Å². The molecule has 0 unspecified atom stereocenters. The van der Waals surface area contributed by atoms with Crippen molar-refractivity contribution < 1.29 is 18.0 Å². The van der Waals surface area contributed by atoms with Crippen LogP contribution in [0.25, 0.3) is 10.4 Å². The number of carbonyl (C=O) groups is 1. The summed E-state index contributed by atoms with van der Waals surface area (Å²) in [4.78, 5) is 21.1. The maximum absolute atomic E-state index is 12.7.